The molecule has 5 aliphatic carbocycles. The summed E-state index contributed by atoms with van der Waals surface area (Å²) in [4.78, 5) is 40.4. The van der Waals surface area contributed by atoms with Gasteiger partial charge in [0.25, 0.3) is 0 Å². The van der Waals surface area contributed by atoms with Crippen LogP contribution >= 0.6 is 0 Å². The minimum Gasteiger partial charge on any atom is -0.458 e. The fraction of sp³-hybridized carbons (Fsp3) is 0.774. The van der Waals surface area contributed by atoms with E-state index in [-0.39, 0.29) is 48.4 Å². The van der Waals surface area contributed by atoms with Crippen molar-refractivity contribution in [3.05, 3.63) is 23.8 Å². The molecule has 9 atom stereocenters. The number of halogens is 2. The van der Waals surface area contributed by atoms with Gasteiger partial charge < -0.3 is 9.84 Å². The monoisotopic (exact) mass is 545 g/mol. The van der Waals surface area contributed by atoms with E-state index in [1.54, 1.807) is 6.92 Å². The van der Waals surface area contributed by atoms with Crippen molar-refractivity contribution >= 4 is 17.5 Å². The molecule has 214 valence electrons. The minimum absolute atomic E-state index is 0.0626. The highest BCUT2D eigenvalue weighted by Crippen LogP contribution is 2.74. The topological polar surface area (TPSA) is 83.9 Å². The van der Waals surface area contributed by atoms with E-state index in [4.69, 9.17) is 4.74 Å². The number of Topliss-reactive ketones (excluding diaryl/α,β-unsaturated/α-hetero) is 1. The standard InChI is InChI=1S/C31H41F2NO5/c1-18(35)39-16-27(38)30-17-34(20-7-5-4-6-8-20)15-19(30)11-22-23-13-25(32)24-12-21(36)9-10-28(24,2)31(23,33)26(37)14-29(22,30)3/h9-10,12,19-20,22-23,25-26,37H,4-8,11,13-17H2,1-3H3/t19-,22-,23-,25-,26-,28-,29-,30-,31-/m0/s1. The molecule has 1 N–H and O–H groups in total. The van der Waals surface area contributed by atoms with Crippen molar-refractivity contribution in [3.8, 4) is 0 Å². The number of aliphatic hydroxyl groups excluding tert-OH is 1. The highest BCUT2D eigenvalue weighted by Gasteiger charge is 2.78. The summed E-state index contributed by atoms with van der Waals surface area (Å²) in [6.07, 6.45) is 7.23. The first-order valence-corrected chi connectivity index (χ1v) is 14.8. The number of allylic oxidation sites excluding steroid dienone is 4. The summed E-state index contributed by atoms with van der Waals surface area (Å²) in [5.41, 5.74) is -5.19. The molecule has 0 spiro atoms. The summed E-state index contributed by atoms with van der Waals surface area (Å²) in [6.45, 7) is 5.76. The Balaban J connectivity index is 1.41. The fourth-order valence-corrected chi connectivity index (χ4v) is 10.3. The number of carbonyl (C=O) groups is 3. The van der Waals surface area contributed by atoms with Crippen molar-refractivity contribution in [1.29, 1.82) is 0 Å². The van der Waals surface area contributed by atoms with Gasteiger partial charge in [0.15, 0.2) is 23.8 Å². The van der Waals surface area contributed by atoms with Crippen molar-refractivity contribution in [2.45, 2.75) is 96.1 Å². The van der Waals surface area contributed by atoms with E-state index in [0.717, 1.165) is 25.7 Å². The zero-order valence-electron chi connectivity index (χ0n) is 23.3. The van der Waals surface area contributed by atoms with Gasteiger partial charge in [-0.2, -0.15) is 0 Å². The van der Waals surface area contributed by atoms with Crippen LogP contribution in [0.1, 0.15) is 72.1 Å². The maximum Gasteiger partial charge on any atom is 0.303 e. The zero-order valence-corrected chi connectivity index (χ0v) is 23.3. The summed E-state index contributed by atoms with van der Waals surface area (Å²) in [7, 11) is 0. The number of alkyl halides is 2. The van der Waals surface area contributed by atoms with Crippen LogP contribution in [0, 0.1) is 34.0 Å². The number of ether oxygens (including phenoxy) is 1. The molecule has 0 radical (unpaired) electrons. The van der Waals surface area contributed by atoms with Crippen molar-refractivity contribution in [2.24, 2.45) is 34.0 Å². The third-order valence-electron chi connectivity index (χ3n) is 12.2. The molecule has 0 aromatic heterocycles. The van der Waals surface area contributed by atoms with E-state index in [1.165, 1.54) is 31.6 Å². The van der Waals surface area contributed by atoms with E-state index in [1.807, 2.05) is 6.92 Å². The molecular formula is C31H41F2NO5. The Hall–Kier alpha value is -1.93. The van der Waals surface area contributed by atoms with Gasteiger partial charge in [-0.15, -0.1) is 0 Å². The molecule has 6 nitrogen and oxygen atoms in total. The van der Waals surface area contributed by atoms with Crippen LogP contribution in [0.15, 0.2) is 23.8 Å². The quantitative estimate of drug-likeness (QED) is 0.531. The lowest BCUT2D eigenvalue weighted by molar-refractivity contribution is -0.212. The molecule has 0 bridgehead atoms. The first kappa shape index (κ1) is 27.3. The summed E-state index contributed by atoms with van der Waals surface area (Å²) < 4.78 is 38.6. The van der Waals surface area contributed by atoms with Crippen LogP contribution in [0.4, 0.5) is 8.78 Å². The fourth-order valence-electron chi connectivity index (χ4n) is 10.3. The molecule has 0 aromatic carbocycles. The van der Waals surface area contributed by atoms with E-state index < -0.39 is 46.1 Å². The third-order valence-corrected chi connectivity index (χ3v) is 12.2. The molecule has 8 heteroatoms. The Morgan fingerprint density at radius 2 is 1.87 bits per heavy atom. The van der Waals surface area contributed by atoms with Crippen LogP contribution in [0.2, 0.25) is 0 Å². The van der Waals surface area contributed by atoms with Crippen LogP contribution in [0.25, 0.3) is 0 Å². The van der Waals surface area contributed by atoms with Gasteiger partial charge in [0.1, 0.15) is 6.17 Å². The van der Waals surface area contributed by atoms with Crippen LogP contribution in [0.3, 0.4) is 0 Å². The summed E-state index contributed by atoms with van der Waals surface area (Å²) in [5.74, 6) is -2.27. The SMILES string of the molecule is CC(=O)OCC(=O)[C@]12CN(C3CCCCC3)C[C@@H]1C[C@H]1[C@@H]3C[C@H](F)C4=CC(=O)C=C[C@]4(C)[C@@]3(F)[C@@H](O)C[C@@]12C. The Morgan fingerprint density at radius 3 is 2.56 bits per heavy atom. The van der Waals surface area contributed by atoms with Gasteiger partial charge in [-0.3, -0.25) is 19.3 Å². The normalized spacial score (nSPS) is 47.6. The summed E-state index contributed by atoms with van der Waals surface area (Å²) in [6, 6.07) is 0.389. The number of ketones is 2. The highest BCUT2D eigenvalue weighted by molar-refractivity contribution is 6.01. The lowest BCUT2D eigenvalue weighted by Gasteiger charge is -2.63. The molecule has 6 rings (SSSR count). The van der Waals surface area contributed by atoms with Crippen LogP contribution in [-0.4, -0.2) is 71.2 Å². The smallest absolute Gasteiger partial charge is 0.303 e. The van der Waals surface area contributed by atoms with E-state index in [0.29, 0.717) is 25.6 Å². The van der Waals surface area contributed by atoms with Gasteiger partial charge in [-0.05, 0) is 74.0 Å². The molecular weight excluding hydrogens is 504 g/mol. The number of hydrogen-bond donors (Lipinski definition) is 1. The second-order valence-corrected chi connectivity index (χ2v) is 13.7. The average molecular weight is 546 g/mol. The summed E-state index contributed by atoms with van der Waals surface area (Å²) >= 11 is 0. The number of aliphatic hydroxyl groups is 1. The second kappa shape index (κ2) is 9.04. The highest BCUT2D eigenvalue weighted by atomic mass is 19.1. The lowest BCUT2D eigenvalue weighted by Crippen LogP contribution is -2.69. The molecule has 5 fully saturated rings. The molecule has 39 heavy (non-hydrogen) atoms. The maximum absolute atomic E-state index is 17.6. The van der Waals surface area contributed by atoms with Crippen molar-refractivity contribution in [3.63, 3.8) is 0 Å². The lowest BCUT2D eigenvalue weighted by atomic mass is 9.43. The zero-order chi connectivity index (χ0) is 28.0. The van der Waals surface area contributed by atoms with Crippen molar-refractivity contribution in [1.82, 2.24) is 4.90 Å². The molecule has 0 aromatic rings. The van der Waals surface area contributed by atoms with Gasteiger partial charge in [-0.25, -0.2) is 8.78 Å². The Labute approximate surface area is 229 Å². The molecule has 0 unspecified atom stereocenters. The number of esters is 1. The third kappa shape index (κ3) is 3.52. The Morgan fingerprint density at radius 1 is 1.15 bits per heavy atom. The van der Waals surface area contributed by atoms with Gasteiger partial charge in [0, 0.05) is 37.4 Å². The Bertz CT molecular complexity index is 1150. The van der Waals surface area contributed by atoms with E-state index >= 15 is 8.78 Å². The number of nitrogens with zero attached hydrogens (tertiary/aromatic N) is 1. The Kier molecular flexibility index (Phi) is 6.31. The molecule has 6 aliphatic rings. The average Bonchev–Trinajstić information content (AvgIpc) is 3.40. The van der Waals surface area contributed by atoms with Crippen LogP contribution in [-0.2, 0) is 19.1 Å². The van der Waals surface area contributed by atoms with Gasteiger partial charge in [0.05, 0.1) is 11.5 Å². The number of rotatable bonds is 4. The molecule has 1 aliphatic heterocycles. The number of fused-ring (bicyclic) bond motifs is 7. The van der Waals surface area contributed by atoms with Gasteiger partial charge >= 0.3 is 5.97 Å². The van der Waals surface area contributed by atoms with E-state index in [2.05, 4.69) is 4.90 Å². The van der Waals surface area contributed by atoms with Crippen LogP contribution < -0.4 is 0 Å². The van der Waals surface area contributed by atoms with Crippen molar-refractivity contribution in [2.75, 3.05) is 19.7 Å². The van der Waals surface area contributed by atoms with Crippen LogP contribution in [0.5, 0.6) is 0 Å². The van der Waals surface area contributed by atoms with Crippen molar-refractivity contribution < 1.29 is 33.0 Å². The summed E-state index contributed by atoms with van der Waals surface area (Å²) in [5, 5.41) is 11.7. The molecule has 1 saturated heterocycles. The predicted molar refractivity (Wildman–Crippen MR) is 140 cm³/mol. The predicted octanol–water partition coefficient (Wildman–Crippen LogP) is 4.30. The molecule has 4 saturated carbocycles. The minimum atomic E-state index is -2.16. The number of likely N-dealkylation sites (tertiary alicyclic amines) is 1. The number of hydrogen-bond acceptors (Lipinski definition) is 6. The first-order chi connectivity index (χ1) is 18.4. The van der Waals surface area contributed by atoms with Gasteiger partial charge in [-0.1, -0.05) is 32.3 Å². The maximum atomic E-state index is 17.6. The second-order valence-electron chi connectivity index (χ2n) is 13.7. The first-order valence-electron chi connectivity index (χ1n) is 14.8. The molecule has 1 heterocycles. The molecule has 0 amide bonds. The largest absolute Gasteiger partial charge is 0.458 e. The van der Waals surface area contributed by atoms with E-state index in [9.17, 15) is 19.5 Å². The number of carbonyl (C=O) groups excluding carboxylic acids is 3. The van der Waals surface area contributed by atoms with Gasteiger partial charge in [0.2, 0.25) is 0 Å².